The molecule has 3 heteroatoms. The SMILES string of the molecule is C=CC(NC(C)OC(=O)C(=C)C)c1ccccc1. The molecule has 1 aromatic carbocycles. The first-order chi connectivity index (χ1) is 8.54. The maximum atomic E-state index is 11.4. The molecule has 2 unspecified atom stereocenters. The second kappa shape index (κ2) is 6.77. The third kappa shape index (κ3) is 4.18. The van der Waals surface area contributed by atoms with Crippen molar-refractivity contribution in [3.05, 3.63) is 60.7 Å². The van der Waals surface area contributed by atoms with Crippen LogP contribution < -0.4 is 5.32 Å². The first-order valence-electron chi connectivity index (χ1n) is 5.84. The smallest absolute Gasteiger partial charge is 0.334 e. The van der Waals surface area contributed by atoms with Gasteiger partial charge in [-0.3, -0.25) is 5.32 Å². The molecule has 0 saturated carbocycles. The molecular formula is C15H19NO2. The fraction of sp³-hybridized carbons (Fsp3) is 0.267. The molecule has 2 atom stereocenters. The summed E-state index contributed by atoms with van der Waals surface area (Å²) in [6.07, 6.45) is 1.37. The Morgan fingerprint density at radius 2 is 2.00 bits per heavy atom. The van der Waals surface area contributed by atoms with Crippen LogP contribution in [0.1, 0.15) is 25.5 Å². The molecule has 0 bridgehead atoms. The second-order valence-electron chi connectivity index (χ2n) is 4.12. The molecule has 0 heterocycles. The lowest BCUT2D eigenvalue weighted by molar-refractivity contribution is -0.145. The Hall–Kier alpha value is -1.87. The van der Waals surface area contributed by atoms with Crippen molar-refractivity contribution in [2.24, 2.45) is 0 Å². The molecule has 0 saturated heterocycles. The van der Waals surface area contributed by atoms with Gasteiger partial charge >= 0.3 is 5.97 Å². The number of rotatable bonds is 6. The number of ether oxygens (including phenoxy) is 1. The highest BCUT2D eigenvalue weighted by Gasteiger charge is 2.14. The van der Waals surface area contributed by atoms with Crippen molar-refractivity contribution >= 4 is 5.97 Å². The van der Waals surface area contributed by atoms with E-state index in [1.165, 1.54) is 0 Å². The van der Waals surface area contributed by atoms with E-state index in [0.717, 1.165) is 5.56 Å². The van der Waals surface area contributed by atoms with Gasteiger partial charge in [0.2, 0.25) is 0 Å². The van der Waals surface area contributed by atoms with Crippen LogP contribution in [-0.2, 0) is 9.53 Å². The fourth-order valence-electron chi connectivity index (χ4n) is 1.51. The Morgan fingerprint density at radius 1 is 1.39 bits per heavy atom. The first-order valence-corrected chi connectivity index (χ1v) is 5.84. The highest BCUT2D eigenvalue weighted by atomic mass is 16.6. The molecule has 0 aliphatic heterocycles. The van der Waals surface area contributed by atoms with Crippen molar-refractivity contribution in [2.75, 3.05) is 0 Å². The molecule has 0 radical (unpaired) electrons. The van der Waals surface area contributed by atoms with Crippen LogP contribution in [0.5, 0.6) is 0 Å². The Labute approximate surface area is 108 Å². The fourth-order valence-corrected chi connectivity index (χ4v) is 1.51. The summed E-state index contributed by atoms with van der Waals surface area (Å²) in [5.41, 5.74) is 1.46. The lowest BCUT2D eigenvalue weighted by atomic mass is 10.1. The van der Waals surface area contributed by atoms with Gasteiger partial charge in [-0.25, -0.2) is 4.79 Å². The van der Waals surface area contributed by atoms with Gasteiger partial charge in [0.25, 0.3) is 0 Å². The minimum atomic E-state index is -0.405. The van der Waals surface area contributed by atoms with Crippen LogP contribution in [0, 0.1) is 0 Å². The normalized spacial score (nSPS) is 13.4. The largest absolute Gasteiger partial charge is 0.444 e. The highest BCUT2D eigenvalue weighted by molar-refractivity contribution is 5.87. The van der Waals surface area contributed by atoms with Gasteiger partial charge < -0.3 is 4.74 Å². The van der Waals surface area contributed by atoms with Crippen molar-refractivity contribution in [1.29, 1.82) is 0 Å². The van der Waals surface area contributed by atoms with Gasteiger partial charge in [0, 0.05) is 5.57 Å². The summed E-state index contributed by atoms with van der Waals surface area (Å²) in [5, 5.41) is 3.17. The third-order valence-corrected chi connectivity index (χ3v) is 2.44. The van der Waals surface area contributed by atoms with E-state index >= 15 is 0 Å². The number of hydrogen-bond donors (Lipinski definition) is 1. The minimum absolute atomic E-state index is 0.0564. The van der Waals surface area contributed by atoms with Crippen molar-refractivity contribution in [1.82, 2.24) is 5.32 Å². The van der Waals surface area contributed by atoms with Gasteiger partial charge in [0.15, 0.2) is 6.23 Å². The molecule has 0 fully saturated rings. The maximum absolute atomic E-state index is 11.4. The van der Waals surface area contributed by atoms with Crippen LogP contribution in [0.4, 0.5) is 0 Å². The number of esters is 1. The summed E-state index contributed by atoms with van der Waals surface area (Å²) in [6.45, 7) is 10.7. The molecular weight excluding hydrogens is 226 g/mol. The quantitative estimate of drug-likeness (QED) is 0.362. The molecule has 0 spiro atoms. The number of carbonyl (C=O) groups excluding carboxylic acids is 1. The molecule has 0 aliphatic carbocycles. The molecule has 0 amide bonds. The Morgan fingerprint density at radius 3 is 2.50 bits per heavy atom. The standard InChI is InChI=1S/C15H19NO2/c1-5-14(13-9-7-6-8-10-13)16-12(4)18-15(17)11(2)3/h5-10,12,14,16H,1-2H2,3-4H3. The molecule has 1 N–H and O–H groups in total. The van der Waals surface area contributed by atoms with E-state index in [1.54, 1.807) is 19.9 Å². The van der Waals surface area contributed by atoms with Crippen LogP contribution in [-0.4, -0.2) is 12.2 Å². The van der Waals surface area contributed by atoms with Crippen molar-refractivity contribution in [2.45, 2.75) is 26.1 Å². The molecule has 0 aromatic heterocycles. The number of benzene rings is 1. The molecule has 18 heavy (non-hydrogen) atoms. The Kier molecular flexibility index (Phi) is 5.33. The molecule has 1 rings (SSSR count). The van der Waals surface area contributed by atoms with Crippen LogP contribution in [0.25, 0.3) is 0 Å². The zero-order chi connectivity index (χ0) is 13.5. The van der Waals surface area contributed by atoms with Gasteiger partial charge in [-0.1, -0.05) is 43.0 Å². The van der Waals surface area contributed by atoms with E-state index in [2.05, 4.69) is 18.5 Å². The molecule has 3 nitrogen and oxygen atoms in total. The predicted molar refractivity (Wildman–Crippen MR) is 72.9 cm³/mol. The van der Waals surface area contributed by atoms with Crippen LogP contribution in [0.15, 0.2) is 55.1 Å². The van der Waals surface area contributed by atoms with Crippen molar-refractivity contribution < 1.29 is 9.53 Å². The van der Waals surface area contributed by atoms with E-state index in [-0.39, 0.29) is 6.04 Å². The Bertz CT molecular complexity index is 425. The molecule has 1 aromatic rings. The topological polar surface area (TPSA) is 38.3 Å². The number of carbonyl (C=O) groups is 1. The van der Waals surface area contributed by atoms with Crippen molar-refractivity contribution in [3.8, 4) is 0 Å². The van der Waals surface area contributed by atoms with Gasteiger partial charge in [0.05, 0.1) is 6.04 Å². The third-order valence-electron chi connectivity index (χ3n) is 2.44. The lowest BCUT2D eigenvalue weighted by Crippen LogP contribution is -2.33. The summed E-state index contributed by atoms with van der Waals surface area (Å²) in [6, 6.07) is 9.79. The zero-order valence-electron chi connectivity index (χ0n) is 10.8. The summed E-state index contributed by atoms with van der Waals surface area (Å²) in [5.74, 6) is -0.397. The average molecular weight is 245 g/mol. The van der Waals surface area contributed by atoms with Gasteiger partial charge in [-0.05, 0) is 19.4 Å². The summed E-state index contributed by atoms with van der Waals surface area (Å²) >= 11 is 0. The van der Waals surface area contributed by atoms with E-state index in [1.807, 2.05) is 30.3 Å². The second-order valence-corrected chi connectivity index (χ2v) is 4.12. The van der Waals surface area contributed by atoms with Crippen molar-refractivity contribution in [3.63, 3.8) is 0 Å². The minimum Gasteiger partial charge on any atom is -0.444 e. The van der Waals surface area contributed by atoms with Gasteiger partial charge in [-0.2, -0.15) is 0 Å². The lowest BCUT2D eigenvalue weighted by Gasteiger charge is -2.21. The average Bonchev–Trinajstić information content (AvgIpc) is 2.36. The number of nitrogens with one attached hydrogen (secondary N) is 1. The van der Waals surface area contributed by atoms with Crippen LogP contribution >= 0.6 is 0 Å². The summed E-state index contributed by atoms with van der Waals surface area (Å²) < 4.78 is 5.17. The van der Waals surface area contributed by atoms with E-state index in [4.69, 9.17) is 4.74 Å². The zero-order valence-corrected chi connectivity index (χ0v) is 10.8. The van der Waals surface area contributed by atoms with E-state index in [0.29, 0.717) is 5.57 Å². The number of hydrogen-bond acceptors (Lipinski definition) is 3. The molecule has 96 valence electrons. The maximum Gasteiger partial charge on any atom is 0.334 e. The summed E-state index contributed by atoms with van der Waals surface area (Å²) in [7, 11) is 0. The summed E-state index contributed by atoms with van der Waals surface area (Å²) in [4.78, 5) is 11.4. The highest BCUT2D eigenvalue weighted by Crippen LogP contribution is 2.14. The Balaban J connectivity index is 2.61. The molecule has 0 aliphatic rings. The van der Waals surface area contributed by atoms with Gasteiger partial charge in [0.1, 0.15) is 0 Å². The van der Waals surface area contributed by atoms with E-state index < -0.39 is 12.2 Å². The van der Waals surface area contributed by atoms with E-state index in [9.17, 15) is 4.79 Å². The van der Waals surface area contributed by atoms with Crippen LogP contribution in [0.3, 0.4) is 0 Å². The van der Waals surface area contributed by atoms with Crippen LogP contribution in [0.2, 0.25) is 0 Å². The monoisotopic (exact) mass is 245 g/mol. The predicted octanol–water partition coefficient (Wildman–Crippen LogP) is 2.97. The first kappa shape index (κ1) is 14.2. The van der Waals surface area contributed by atoms with Gasteiger partial charge in [-0.15, -0.1) is 6.58 Å².